The number of nitrogens with zero attached hydrogens (tertiary/aromatic N) is 3. The van der Waals surface area contributed by atoms with Gasteiger partial charge in [-0.2, -0.15) is 0 Å². The number of hydrogen-bond donors (Lipinski definition) is 1. The minimum Gasteiger partial charge on any atom is -0.462 e. The molecule has 122 valence electrons. The standard InChI is InChI=1S/C16H14N4O4/c1-3-24-16(23)12-7-17-14-11-5-4-10(19-9(2)21)6-13(11)18-8-20(14)15(12)22/h4-8H,3H2,1-2H3,(H,19,21). The summed E-state index contributed by atoms with van der Waals surface area (Å²) < 4.78 is 6.05. The zero-order valence-electron chi connectivity index (χ0n) is 13.1. The Balaban J connectivity index is 2.18. The number of anilines is 1. The van der Waals surface area contributed by atoms with Crippen molar-refractivity contribution in [3.63, 3.8) is 0 Å². The maximum absolute atomic E-state index is 12.4. The van der Waals surface area contributed by atoms with Gasteiger partial charge in [-0.25, -0.2) is 19.2 Å². The average molecular weight is 326 g/mol. The lowest BCUT2D eigenvalue weighted by atomic mass is 10.2. The van der Waals surface area contributed by atoms with Crippen LogP contribution >= 0.6 is 0 Å². The van der Waals surface area contributed by atoms with Crippen LogP contribution in [0.3, 0.4) is 0 Å². The number of nitrogens with one attached hydrogen (secondary N) is 1. The summed E-state index contributed by atoms with van der Waals surface area (Å²) >= 11 is 0. The number of aromatic nitrogens is 3. The molecular weight excluding hydrogens is 312 g/mol. The summed E-state index contributed by atoms with van der Waals surface area (Å²) in [4.78, 5) is 43.7. The largest absolute Gasteiger partial charge is 0.462 e. The summed E-state index contributed by atoms with van der Waals surface area (Å²) in [5.74, 6) is -0.908. The van der Waals surface area contributed by atoms with Gasteiger partial charge in [0.2, 0.25) is 5.91 Å². The number of carbonyl (C=O) groups excluding carboxylic acids is 2. The maximum Gasteiger partial charge on any atom is 0.345 e. The summed E-state index contributed by atoms with van der Waals surface area (Å²) in [5.41, 5.74) is 0.839. The maximum atomic E-state index is 12.4. The van der Waals surface area contributed by atoms with Crippen LogP contribution in [0.2, 0.25) is 0 Å². The summed E-state index contributed by atoms with van der Waals surface area (Å²) in [6, 6.07) is 5.08. The highest BCUT2D eigenvalue weighted by molar-refractivity contribution is 5.97. The molecule has 0 aliphatic heterocycles. The van der Waals surface area contributed by atoms with Crippen LogP contribution in [0.5, 0.6) is 0 Å². The van der Waals surface area contributed by atoms with Gasteiger partial charge in [-0.3, -0.25) is 9.59 Å². The van der Waals surface area contributed by atoms with Crippen LogP contribution in [0.4, 0.5) is 5.69 Å². The monoisotopic (exact) mass is 326 g/mol. The number of esters is 1. The van der Waals surface area contributed by atoms with Crippen molar-refractivity contribution >= 4 is 34.1 Å². The van der Waals surface area contributed by atoms with Crippen LogP contribution in [-0.4, -0.2) is 32.9 Å². The summed E-state index contributed by atoms with van der Waals surface area (Å²) in [7, 11) is 0. The zero-order chi connectivity index (χ0) is 17.3. The van der Waals surface area contributed by atoms with E-state index < -0.39 is 11.5 Å². The molecule has 0 unspecified atom stereocenters. The molecule has 1 amide bonds. The van der Waals surface area contributed by atoms with Gasteiger partial charge < -0.3 is 10.1 Å². The van der Waals surface area contributed by atoms with Gasteiger partial charge in [0.05, 0.1) is 12.1 Å². The number of fused-ring (bicyclic) bond motifs is 3. The molecule has 0 bridgehead atoms. The third-order valence-corrected chi connectivity index (χ3v) is 3.36. The smallest absolute Gasteiger partial charge is 0.345 e. The molecule has 0 aliphatic carbocycles. The van der Waals surface area contributed by atoms with E-state index in [2.05, 4.69) is 15.3 Å². The van der Waals surface area contributed by atoms with Gasteiger partial charge in [0.25, 0.3) is 5.56 Å². The molecule has 0 spiro atoms. The molecule has 2 heterocycles. The second kappa shape index (κ2) is 6.07. The summed E-state index contributed by atoms with van der Waals surface area (Å²) in [5, 5.41) is 3.29. The Morgan fingerprint density at radius 1 is 1.29 bits per heavy atom. The molecule has 2 aromatic heterocycles. The molecule has 0 aliphatic rings. The van der Waals surface area contributed by atoms with Crippen LogP contribution in [0, 0.1) is 0 Å². The molecule has 0 fully saturated rings. The Bertz CT molecular complexity index is 1030. The molecular formula is C16H14N4O4. The molecule has 8 heteroatoms. The van der Waals surface area contributed by atoms with E-state index in [-0.39, 0.29) is 18.1 Å². The Kier molecular flexibility index (Phi) is 3.95. The van der Waals surface area contributed by atoms with Crippen LogP contribution in [0.1, 0.15) is 24.2 Å². The molecule has 3 rings (SSSR count). The van der Waals surface area contributed by atoms with Gasteiger partial charge in [0.1, 0.15) is 17.5 Å². The Morgan fingerprint density at radius 3 is 2.79 bits per heavy atom. The summed E-state index contributed by atoms with van der Waals surface area (Å²) in [6.07, 6.45) is 2.50. The predicted octanol–water partition coefficient (Wildman–Crippen LogP) is 1.38. The van der Waals surface area contributed by atoms with E-state index in [4.69, 9.17) is 4.74 Å². The number of ether oxygens (including phenoxy) is 1. The van der Waals surface area contributed by atoms with Gasteiger partial charge in [-0.1, -0.05) is 0 Å². The molecule has 1 N–H and O–H groups in total. The molecule has 0 radical (unpaired) electrons. The quantitative estimate of drug-likeness (QED) is 0.576. The van der Waals surface area contributed by atoms with Crippen LogP contribution in [-0.2, 0) is 9.53 Å². The first-order chi connectivity index (χ1) is 11.5. The van der Waals surface area contributed by atoms with E-state index in [1.54, 1.807) is 25.1 Å². The van der Waals surface area contributed by atoms with E-state index in [0.29, 0.717) is 22.2 Å². The second-order valence-corrected chi connectivity index (χ2v) is 5.05. The van der Waals surface area contributed by atoms with Gasteiger partial charge in [-0.05, 0) is 25.1 Å². The van der Waals surface area contributed by atoms with Gasteiger partial charge in [0, 0.05) is 24.2 Å². The van der Waals surface area contributed by atoms with Crippen LogP contribution < -0.4 is 10.9 Å². The Hall–Kier alpha value is -3.29. The molecule has 3 aromatic rings. The topological polar surface area (TPSA) is 103 Å². The Labute approximate surface area is 136 Å². The van der Waals surface area contributed by atoms with Crippen LogP contribution in [0.15, 0.2) is 35.5 Å². The lowest BCUT2D eigenvalue weighted by Crippen LogP contribution is -2.24. The first-order valence-electron chi connectivity index (χ1n) is 7.26. The second-order valence-electron chi connectivity index (χ2n) is 5.05. The first-order valence-corrected chi connectivity index (χ1v) is 7.26. The third kappa shape index (κ3) is 2.69. The van der Waals surface area contributed by atoms with Crippen molar-refractivity contribution in [2.24, 2.45) is 0 Å². The minimum absolute atomic E-state index is 0.148. The van der Waals surface area contributed by atoms with E-state index in [9.17, 15) is 14.4 Å². The highest BCUT2D eigenvalue weighted by atomic mass is 16.5. The van der Waals surface area contributed by atoms with Crippen molar-refractivity contribution in [2.75, 3.05) is 11.9 Å². The highest BCUT2D eigenvalue weighted by Gasteiger charge is 2.15. The normalized spacial score (nSPS) is 10.8. The van der Waals surface area contributed by atoms with E-state index in [1.807, 2.05) is 0 Å². The minimum atomic E-state index is -0.717. The van der Waals surface area contributed by atoms with E-state index in [1.165, 1.54) is 23.8 Å². The van der Waals surface area contributed by atoms with Crippen molar-refractivity contribution in [3.05, 3.63) is 46.6 Å². The lowest BCUT2D eigenvalue weighted by molar-refractivity contribution is -0.114. The first kappa shape index (κ1) is 15.6. The highest BCUT2D eigenvalue weighted by Crippen LogP contribution is 2.20. The van der Waals surface area contributed by atoms with Gasteiger partial charge in [0.15, 0.2) is 0 Å². The molecule has 8 nitrogen and oxygen atoms in total. The van der Waals surface area contributed by atoms with Gasteiger partial charge >= 0.3 is 5.97 Å². The van der Waals surface area contributed by atoms with Crippen molar-refractivity contribution in [3.8, 4) is 0 Å². The van der Waals surface area contributed by atoms with Crippen molar-refractivity contribution in [1.82, 2.24) is 14.4 Å². The van der Waals surface area contributed by atoms with E-state index >= 15 is 0 Å². The van der Waals surface area contributed by atoms with Crippen molar-refractivity contribution < 1.29 is 14.3 Å². The average Bonchev–Trinajstić information content (AvgIpc) is 2.54. The number of amides is 1. The Morgan fingerprint density at radius 2 is 2.08 bits per heavy atom. The fourth-order valence-corrected chi connectivity index (χ4v) is 2.35. The van der Waals surface area contributed by atoms with Gasteiger partial charge in [-0.15, -0.1) is 0 Å². The zero-order valence-corrected chi connectivity index (χ0v) is 13.1. The third-order valence-electron chi connectivity index (χ3n) is 3.36. The van der Waals surface area contributed by atoms with Crippen LogP contribution in [0.25, 0.3) is 16.6 Å². The van der Waals surface area contributed by atoms with E-state index in [0.717, 1.165) is 0 Å². The summed E-state index contributed by atoms with van der Waals surface area (Å²) in [6.45, 7) is 3.24. The van der Waals surface area contributed by atoms with Crippen molar-refractivity contribution in [1.29, 1.82) is 0 Å². The number of benzene rings is 1. The molecule has 0 atom stereocenters. The lowest BCUT2D eigenvalue weighted by Gasteiger charge is -2.08. The molecule has 0 saturated carbocycles. The molecule has 1 aromatic carbocycles. The number of hydrogen-bond acceptors (Lipinski definition) is 6. The fourth-order valence-electron chi connectivity index (χ4n) is 2.35. The molecule has 24 heavy (non-hydrogen) atoms. The molecule has 0 saturated heterocycles. The number of rotatable bonds is 3. The fraction of sp³-hybridized carbons (Fsp3) is 0.188. The predicted molar refractivity (Wildman–Crippen MR) is 87.0 cm³/mol. The SMILES string of the molecule is CCOC(=O)c1cnc2c3ccc(NC(C)=O)cc3ncn2c1=O. The van der Waals surface area contributed by atoms with Crippen molar-refractivity contribution in [2.45, 2.75) is 13.8 Å². The number of carbonyl (C=O) groups is 2.